The van der Waals surface area contributed by atoms with Gasteiger partial charge in [-0.1, -0.05) is 5.21 Å². The zero-order chi connectivity index (χ0) is 14.8. The van der Waals surface area contributed by atoms with Gasteiger partial charge in [0.25, 0.3) is 5.91 Å². The maximum atomic E-state index is 12.6. The van der Waals surface area contributed by atoms with Gasteiger partial charge in [0, 0.05) is 18.8 Å². The van der Waals surface area contributed by atoms with Crippen LogP contribution in [0.1, 0.15) is 34.7 Å². The molecule has 108 valence electrons. The first-order valence-electron chi connectivity index (χ1n) is 6.84. The Bertz CT molecular complexity index is 683. The highest BCUT2D eigenvalue weighted by molar-refractivity contribution is 5.95. The van der Waals surface area contributed by atoms with E-state index in [4.69, 9.17) is 9.68 Å². The molecule has 2 aromatic rings. The van der Waals surface area contributed by atoms with Crippen molar-refractivity contribution in [1.29, 1.82) is 5.26 Å². The van der Waals surface area contributed by atoms with E-state index in [-0.39, 0.29) is 17.7 Å². The highest BCUT2D eigenvalue weighted by Crippen LogP contribution is 2.24. The average molecular weight is 285 g/mol. The van der Waals surface area contributed by atoms with Gasteiger partial charge >= 0.3 is 0 Å². The molecule has 0 aromatic carbocycles. The third kappa shape index (κ3) is 2.52. The molecule has 1 aliphatic rings. The highest BCUT2D eigenvalue weighted by atomic mass is 16.3. The van der Waals surface area contributed by atoms with Crippen LogP contribution in [-0.4, -0.2) is 38.4 Å². The summed E-state index contributed by atoms with van der Waals surface area (Å²) in [7, 11) is 0. The van der Waals surface area contributed by atoms with Gasteiger partial charge in [-0.2, -0.15) is 5.26 Å². The quantitative estimate of drug-likeness (QED) is 0.849. The summed E-state index contributed by atoms with van der Waals surface area (Å²) in [5, 5.41) is 16.6. The summed E-state index contributed by atoms with van der Waals surface area (Å²) < 4.78 is 6.98. The molecule has 1 atom stereocenters. The summed E-state index contributed by atoms with van der Waals surface area (Å²) in [6.07, 6.45) is 5.32. The Labute approximate surface area is 121 Å². The summed E-state index contributed by atoms with van der Waals surface area (Å²) in [5.74, 6) is 0.575. The lowest BCUT2D eigenvalue weighted by atomic mass is 10.2. The molecule has 1 aliphatic heterocycles. The van der Waals surface area contributed by atoms with Gasteiger partial charge in [0.1, 0.15) is 11.8 Å². The number of furan rings is 1. The van der Waals surface area contributed by atoms with Crippen LogP contribution in [0.25, 0.3) is 0 Å². The van der Waals surface area contributed by atoms with Crippen molar-refractivity contribution in [3.63, 3.8) is 0 Å². The van der Waals surface area contributed by atoms with Crippen molar-refractivity contribution >= 4 is 5.91 Å². The van der Waals surface area contributed by atoms with Gasteiger partial charge in [0.15, 0.2) is 0 Å². The number of nitrogens with zero attached hydrogens (tertiary/aromatic N) is 5. The van der Waals surface area contributed by atoms with Crippen molar-refractivity contribution < 1.29 is 9.21 Å². The molecule has 1 amide bonds. The van der Waals surface area contributed by atoms with Gasteiger partial charge in [0.2, 0.25) is 5.76 Å². The summed E-state index contributed by atoms with van der Waals surface area (Å²) in [4.78, 5) is 14.5. The molecule has 2 aromatic heterocycles. The number of aromatic nitrogens is 3. The Kier molecular flexibility index (Phi) is 3.44. The molecular formula is C14H15N5O2. The zero-order valence-electron chi connectivity index (χ0n) is 11.7. The third-order valence-corrected chi connectivity index (χ3v) is 3.77. The normalized spacial score (nSPS) is 17.9. The number of aryl methyl sites for hydroxylation is 1. The summed E-state index contributed by atoms with van der Waals surface area (Å²) in [5.41, 5.74) is 0.469. The SMILES string of the molecule is Cc1oc(C#N)cc1C(=O)N1CCC[C@H]1Cn1ccnn1. The molecule has 0 spiro atoms. The van der Waals surface area contributed by atoms with Crippen molar-refractivity contribution in [2.24, 2.45) is 0 Å². The van der Waals surface area contributed by atoms with Gasteiger partial charge in [-0.3, -0.25) is 9.48 Å². The fraction of sp³-hybridized carbons (Fsp3) is 0.429. The average Bonchev–Trinajstić information content (AvgIpc) is 3.19. The molecule has 0 radical (unpaired) electrons. The van der Waals surface area contributed by atoms with Crippen LogP contribution in [0, 0.1) is 18.3 Å². The second-order valence-corrected chi connectivity index (χ2v) is 5.11. The zero-order valence-corrected chi connectivity index (χ0v) is 11.7. The van der Waals surface area contributed by atoms with E-state index in [9.17, 15) is 4.79 Å². The van der Waals surface area contributed by atoms with E-state index in [2.05, 4.69) is 10.3 Å². The smallest absolute Gasteiger partial charge is 0.257 e. The predicted octanol–water partition coefficient (Wildman–Crippen LogP) is 1.36. The fourth-order valence-electron chi connectivity index (χ4n) is 2.74. The molecule has 0 saturated carbocycles. The van der Waals surface area contributed by atoms with Gasteiger partial charge in [0.05, 0.1) is 24.3 Å². The molecule has 7 heteroatoms. The number of hydrogen-bond acceptors (Lipinski definition) is 5. The summed E-state index contributed by atoms with van der Waals surface area (Å²) >= 11 is 0. The molecular weight excluding hydrogens is 270 g/mol. The van der Waals surface area contributed by atoms with E-state index in [1.54, 1.807) is 24.0 Å². The van der Waals surface area contributed by atoms with E-state index < -0.39 is 0 Å². The Morgan fingerprint density at radius 3 is 3.14 bits per heavy atom. The molecule has 3 rings (SSSR count). The van der Waals surface area contributed by atoms with Gasteiger partial charge in [-0.05, 0) is 19.8 Å². The highest BCUT2D eigenvalue weighted by Gasteiger charge is 2.31. The molecule has 1 fully saturated rings. The summed E-state index contributed by atoms with van der Waals surface area (Å²) in [6, 6.07) is 3.53. The lowest BCUT2D eigenvalue weighted by Gasteiger charge is -2.24. The second-order valence-electron chi connectivity index (χ2n) is 5.11. The van der Waals surface area contributed by atoms with Crippen LogP contribution in [-0.2, 0) is 6.54 Å². The molecule has 7 nitrogen and oxygen atoms in total. The Balaban J connectivity index is 1.79. The first kappa shape index (κ1) is 13.4. The van der Waals surface area contributed by atoms with Crippen molar-refractivity contribution in [2.45, 2.75) is 32.4 Å². The van der Waals surface area contributed by atoms with Crippen LogP contribution in [0.5, 0.6) is 0 Å². The molecule has 0 unspecified atom stereocenters. The lowest BCUT2D eigenvalue weighted by Crippen LogP contribution is -2.38. The fourth-order valence-corrected chi connectivity index (χ4v) is 2.74. The maximum absolute atomic E-state index is 12.6. The van der Waals surface area contributed by atoms with E-state index in [0.717, 1.165) is 12.8 Å². The minimum atomic E-state index is -0.0830. The molecule has 3 heterocycles. The molecule has 21 heavy (non-hydrogen) atoms. The van der Waals surface area contributed by atoms with Crippen LogP contribution < -0.4 is 0 Å². The number of rotatable bonds is 3. The van der Waals surface area contributed by atoms with Crippen molar-refractivity contribution in [3.05, 3.63) is 35.5 Å². The van der Waals surface area contributed by atoms with Gasteiger partial charge in [-0.25, -0.2) is 0 Å². The van der Waals surface area contributed by atoms with Crippen LogP contribution in [0.3, 0.4) is 0 Å². The number of nitriles is 1. The standard InChI is InChI=1S/C14H15N5O2/c1-10-13(7-12(8-15)21-10)14(20)19-5-2-3-11(19)9-18-6-4-16-17-18/h4,6-7,11H,2-3,5,9H2,1H3/t11-/m0/s1. The Morgan fingerprint density at radius 2 is 2.48 bits per heavy atom. The maximum Gasteiger partial charge on any atom is 0.257 e. The second kappa shape index (κ2) is 5.40. The third-order valence-electron chi connectivity index (χ3n) is 3.77. The predicted molar refractivity (Wildman–Crippen MR) is 72.2 cm³/mol. The number of carbonyl (C=O) groups is 1. The van der Waals surface area contributed by atoms with Crippen LogP contribution in [0.15, 0.2) is 22.9 Å². The molecule has 0 aliphatic carbocycles. The lowest BCUT2D eigenvalue weighted by molar-refractivity contribution is 0.0719. The van der Waals surface area contributed by atoms with Gasteiger partial charge in [-0.15, -0.1) is 5.10 Å². The first-order chi connectivity index (χ1) is 10.2. The van der Waals surface area contributed by atoms with Crippen molar-refractivity contribution in [1.82, 2.24) is 19.9 Å². The molecule has 0 bridgehead atoms. The van der Waals surface area contributed by atoms with E-state index in [0.29, 0.717) is 24.4 Å². The number of likely N-dealkylation sites (tertiary alicyclic amines) is 1. The van der Waals surface area contributed by atoms with E-state index >= 15 is 0 Å². The van der Waals surface area contributed by atoms with E-state index in [1.165, 1.54) is 6.07 Å². The van der Waals surface area contributed by atoms with Crippen LogP contribution in [0.2, 0.25) is 0 Å². The number of hydrogen-bond donors (Lipinski definition) is 0. The Morgan fingerprint density at radius 1 is 1.62 bits per heavy atom. The number of carbonyl (C=O) groups excluding carboxylic acids is 1. The molecule has 0 N–H and O–H groups in total. The monoisotopic (exact) mass is 285 g/mol. The van der Waals surface area contributed by atoms with Crippen molar-refractivity contribution in [3.8, 4) is 6.07 Å². The minimum absolute atomic E-state index is 0.0830. The first-order valence-corrected chi connectivity index (χ1v) is 6.84. The topological polar surface area (TPSA) is 88.0 Å². The summed E-state index contributed by atoms with van der Waals surface area (Å²) in [6.45, 7) is 3.05. The Hall–Kier alpha value is -2.62. The van der Waals surface area contributed by atoms with E-state index in [1.807, 2.05) is 11.0 Å². The van der Waals surface area contributed by atoms with Crippen LogP contribution in [0.4, 0.5) is 0 Å². The van der Waals surface area contributed by atoms with Crippen molar-refractivity contribution in [2.75, 3.05) is 6.54 Å². The molecule has 1 saturated heterocycles. The van der Waals surface area contributed by atoms with Gasteiger partial charge < -0.3 is 9.32 Å². The number of amides is 1. The minimum Gasteiger partial charge on any atom is -0.450 e. The largest absolute Gasteiger partial charge is 0.450 e. The van der Waals surface area contributed by atoms with Crippen LogP contribution >= 0.6 is 0 Å².